The van der Waals surface area contributed by atoms with Crippen LogP contribution in [0.5, 0.6) is 0 Å². The minimum absolute atomic E-state index is 0.0384. The van der Waals surface area contributed by atoms with Gasteiger partial charge in [0, 0.05) is 48.3 Å². The third-order valence-corrected chi connectivity index (χ3v) is 7.75. The number of carbonyl (C=O) groups is 2. The highest BCUT2D eigenvalue weighted by Gasteiger charge is 2.38. The number of nitrogens with zero attached hydrogens (tertiary/aromatic N) is 5. The fourth-order valence-corrected chi connectivity index (χ4v) is 5.57. The molecule has 1 saturated carbocycles. The average Bonchev–Trinajstić information content (AvgIpc) is 3.34. The Morgan fingerprint density at radius 1 is 1.07 bits per heavy atom. The van der Waals surface area contributed by atoms with E-state index >= 15 is 0 Å². The van der Waals surface area contributed by atoms with Gasteiger partial charge in [0.25, 0.3) is 5.91 Å². The number of fused-ring (bicyclic) bond motifs is 1. The number of halogens is 6. The van der Waals surface area contributed by atoms with Crippen molar-refractivity contribution in [3.05, 3.63) is 46.0 Å². The lowest BCUT2D eigenvalue weighted by molar-refractivity contribution is -0.142. The first-order valence-corrected chi connectivity index (χ1v) is 13.3. The molecule has 1 fully saturated rings. The Hall–Kier alpha value is -3.95. The lowest BCUT2D eigenvalue weighted by atomic mass is 10.0. The van der Waals surface area contributed by atoms with Gasteiger partial charge in [0.1, 0.15) is 15.4 Å². The summed E-state index contributed by atoms with van der Waals surface area (Å²) in [6.45, 7) is 3.66. The van der Waals surface area contributed by atoms with Crippen LogP contribution in [0.25, 0.3) is 21.3 Å². The van der Waals surface area contributed by atoms with Gasteiger partial charge in [-0.1, -0.05) is 0 Å². The van der Waals surface area contributed by atoms with E-state index < -0.39 is 35.6 Å². The van der Waals surface area contributed by atoms with Crippen LogP contribution in [0.3, 0.4) is 0 Å². The molecule has 0 bridgehead atoms. The highest BCUT2D eigenvalue weighted by Crippen LogP contribution is 2.45. The maximum absolute atomic E-state index is 13.8. The van der Waals surface area contributed by atoms with E-state index in [0.717, 1.165) is 16.8 Å². The molecule has 4 aromatic heterocycles. The Labute approximate surface area is 232 Å². The lowest BCUT2D eigenvalue weighted by Crippen LogP contribution is -2.19. The number of rotatable bonds is 8. The average molecular weight is 600 g/mol. The molecule has 0 spiro atoms. The van der Waals surface area contributed by atoms with Crippen LogP contribution in [-0.2, 0) is 30.2 Å². The normalized spacial score (nSPS) is 14.1. The lowest BCUT2D eigenvalue weighted by Gasteiger charge is -2.12. The molecule has 1 aliphatic carbocycles. The number of primary amides is 1. The molecule has 5 rings (SSSR count). The molecule has 0 unspecified atom stereocenters. The molecular formula is C25H23F6N7O2S. The topological polar surface area (TPSA) is 121 Å². The zero-order chi connectivity index (χ0) is 29.9. The van der Waals surface area contributed by atoms with Gasteiger partial charge in [-0.15, -0.1) is 11.3 Å². The Morgan fingerprint density at radius 3 is 2.32 bits per heavy atom. The number of carbonyl (C=O) groups excluding carboxylic acids is 2. The number of aryl methyl sites for hydroxylation is 3. The van der Waals surface area contributed by atoms with E-state index in [1.807, 2.05) is 0 Å². The van der Waals surface area contributed by atoms with E-state index in [4.69, 9.17) is 5.73 Å². The van der Waals surface area contributed by atoms with Gasteiger partial charge in [-0.2, -0.15) is 36.5 Å². The molecule has 4 aromatic rings. The van der Waals surface area contributed by atoms with E-state index in [1.54, 1.807) is 20.0 Å². The molecule has 0 saturated heterocycles. The Morgan fingerprint density at radius 2 is 1.76 bits per heavy atom. The maximum Gasteiger partial charge on any atom is 0.435 e. The maximum atomic E-state index is 13.8. The van der Waals surface area contributed by atoms with Gasteiger partial charge in [-0.3, -0.25) is 19.0 Å². The predicted molar refractivity (Wildman–Crippen MR) is 137 cm³/mol. The van der Waals surface area contributed by atoms with Crippen LogP contribution in [-0.4, -0.2) is 36.4 Å². The summed E-state index contributed by atoms with van der Waals surface area (Å²) in [6, 6.07) is 1.80. The molecule has 4 heterocycles. The van der Waals surface area contributed by atoms with Gasteiger partial charge < -0.3 is 11.1 Å². The van der Waals surface area contributed by atoms with Crippen LogP contribution in [0.15, 0.2) is 18.3 Å². The second-order valence-corrected chi connectivity index (χ2v) is 10.6. The Kier molecular flexibility index (Phi) is 7.07. The summed E-state index contributed by atoms with van der Waals surface area (Å²) in [7, 11) is 0. The van der Waals surface area contributed by atoms with E-state index in [-0.39, 0.29) is 45.2 Å². The predicted octanol–water partition coefficient (Wildman–Crippen LogP) is 5.73. The number of thiophene rings is 1. The minimum atomic E-state index is -4.81. The Balaban J connectivity index is 1.54. The highest BCUT2D eigenvalue weighted by atomic mass is 32.1. The summed E-state index contributed by atoms with van der Waals surface area (Å²) in [5.74, 6) is -1.78. The summed E-state index contributed by atoms with van der Waals surface area (Å²) >= 11 is 0.597. The molecular weight excluding hydrogens is 576 g/mol. The van der Waals surface area contributed by atoms with E-state index in [2.05, 4.69) is 20.5 Å². The van der Waals surface area contributed by atoms with Gasteiger partial charge in [0.2, 0.25) is 5.91 Å². The largest absolute Gasteiger partial charge is 0.435 e. The second-order valence-electron chi connectivity index (χ2n) is 9.64. The number of nitrogens with two attached hydrogens (primary N) is 1. The zero-order valence-electron chi connectivity index (χ0n) is 21.7. The van der Waals surface area contributed by atoms with Gasteiger partial charge >= 0.3 is 12.4 Å². The summed E-state index contributed by atoms with van der Waals surface area (Å²) in [6.07, 6.45) is -6.82. The van der Waals surface area contributed by atoms with E-state index in [1.165, 1.54) is 4.68 Å². The molecule has 16 heteroatoms. The van der Waals surface area contributed by atoms with Crippen molar-refractivity contribution in [3.8, 4) is 11.1 Å². The molecule has 0 atom stereocenters. The zero-order valence-corrected chi connectivity index (χ0v) is 22.5. The van der Waals surface area contributed by atoms with Crippen LogP contribution in [0.4, 0.5) is 32.0 Å². The van der Waals surface area contributed by atoms with Crippen molar-refractivity contribution < 1.29 is 35.9 Å². The molecule has 3 N–H and O–H groups in total. The van der Waals surface area contributed by atoms with Crippen molar-refractivity contribution in [1.29, 1.82) is 0 Å². The van der Waals surface area contributed by atoms with Gasteiger partial charge in [-0.05, 0) is 44.4 Å². The highest BCUT2D eigenvalue weighted by molar-refractivity contribution is 7.21. The van der Waals surface area contributed by atoms with Crippen LogP contribution in [0.1, 0.15) is 64.6 Å². The first-order valence-electron chi connectivity index (χ1n) is 12.5. The molecule has 0 aromatic carbocycles. The standard InChI is InChI=1S/C25H23F6N7O2S/c1-3-37-10-14(11(2)35-37)13-8-16(24(26,27)28)33-23-19(13)20(21(41-23)22(32)40)34-18(39)6-7-38-15(12-4-5-12)9-17(36-38)25(29,30)31/h8-10,12H,3-7H2,1-2H3,(H2,32,40)(H,34,39). The fraction of sp³-hybridized carbons (Fsp3) is 0.400. The number of amides is 2. The molecule has 2 amide bonds. The fourth-order valence-electron chi connectivity index (χ4n) is 4.56. The second kappa shape index (κ2) is 10.2. The van der Waals surface area contributed by atoms with Gasteiger partial charge in [-0.25, -0.2) is 4.98 Å². The van der Waals surface area contributed by atoms with Crippen molar-refractivity contribution in [2.75, 3.05) is 5.32 Å². The monoisotopic (exact) mass is 599 g/mol. The summed E-state index contributed by atoms with van der Waals surface area (Å²) in [4.78, 5) is 28.7. The van der Waals surface area contributed by atoms with E-state index in [9.17, 15) is 35.9 Å². The molecule has 0 aliphatic heterocycles. The minimum Gasteiger partial charge on any atom is -0.365 e. The number of hydrogen-bond acceptors (Lipinski definition) is 6. The molecule has 9 nitrogen and oxygen atoms in total. The molecule has 218 valence electrons. The molecule has 0 radical (unpaired) electrons. The molecule has 1 aliphatic rings. The number of alkyl halides is 6. The van der Waals surface area contributed by atoms with E-state index in [0.29, 0.717) is 47.7 Å². The number of pyridine rings is 1. The third kappa shape index (κ3) is 5.64. The van der Waals surface area contributed by atoms with Crippen LogP contribution in [0.2, 0.25) is 0 Å². The van der Waals surface area contributed by atoms with Crippen molar-refractivity contribution >= 4 is 39.1 Å². The Bertz CT molecular complexity index is 1660. The van der Waals surface area contributed by atoms with Crippen LogP contribution < -0.4 is 11.1 Å². The first kappa shape index (κ1) is 28.6. The smallest absolute Gasteiger partial charge is 0.365 e. The SMILES string of the molecule is CCn1cc(-c2cc(C(F)(F)F)nc3sc(C(N)=O)c(NC(=O)CCn4nc(C(F)(F)F)cc4C4CC4)c23)c(C)n1. The number of aromatic nitrogens is 5. The number of anilines is 1. The van der Waals surface area contributed by atoms with Gasteiger partial charge in [0.05, 0.1) is 11.4 Å². The van der Waals surface area contributed by atoms with Crippen molar-refractivity contribution in [3.63, 3.8) is 0 Å². The summed E-state index contributed by atoms with van der Waals surface area (Å²) in [5, 5.41) is 10.5. The first-order chi connectivity index (χ1) is 19.2. The van der Waals surface area contributed by atoms with Crippen molar-refractivity contribution in [2.45, 2.75) is 64.5 Å². The third-order valence-electron chi connectivity index (χ3n) is 6.65. The number of nitrogens with one attached hydrogen (secondary N) is 1. The van der Waals surface area contributed by atoms with Crippen LogP contribution >= 0.6 is 11.3 Å². The summed E-state index contributed by atoms with van der Waals surface area (Å²) < 4.78 is 83.7. The van der Waals surface area contributed by atoms with Gasteiger partial charge in [0.15, 0.2) is 5.69 Å². The number of hydrogen-bond donors (Lipinski definition) is 2. The summed E-state index contributed by atoms with van der Waals surface area (Å²) in [5.41, 5.74) is 4.29. The van der Waals surface area contributed by atoms with Crippen LogP contribution in [0, 0.1) is 6.92 Å². The quantitative estimate of drug-likeness (QED) is 0.251. The van der Waals surface area contributed by atoms with Crippen molar-refractivity contribution in [2.24, 2.45) is 5.73 Å². The molecule has 41 heavy (non-hydrogen) atoms. The van der Waals surface area contributed by atoms with Crippen molar-refractivity contribution in [1.82, 2.24) is 24.5 Å².